The molecule has 0 spiro atoms. The molecule has 0 aromatic heterocycles. The summed E-state index contributed by atoms with van der Waals surface area (Å²) in [7, 11) is -2.10. The first-order valence-electron chi connectivity index (χ1n) is 6.19. The third kappa shape index (κ3) is 4.50. The van der Waals surface area contributed by atoms with Gasteiger partial charge in [0.1, 0.15) is 6.04 Å². The van der Waals surface area contributed by atoms with Crippen molar-refractivity contribution in [2.24, 2.45) is 0 Å². The smallest absolute Gasteiger partial charge is 0.337 e. The summed E-state index contributed by atoms with van der Waals surface area (Å²) < 4.78 is 35.3. The maximum absolute atomic E-state index is 12.2. The van der Waals surface area contributed by atoms with Gasteiger partial charge in [-0.2, -0.15) is 4.72 Å². The Morgan fingerprint density at radius 3 is 1.83 bits per heavy atom. The molecule has 0 radical (unpaired) electrons. The van der Waals surface area contributed by atoms with E-state index in [1.54, 1.807) is 0 Å². The van der Waals surface area contributed by atoms with Gasteiger partial charge in [0.2, 0.25) is 10.0 Å². The van der Waals surface area contributed by atoms with Gasteiger partial charge in [-0.05, 0) is 25.1 Å². The van der Waals surface area contributed by atoms with Crippen molar-refractivity contribution in [2.45, 2.75) is 17.9 Å². The minimum Gasteiger partial charge on any atom is -0.480 e. The van der Waals surface area contributed by atoms with E-state index in [4.69, 9.17) is 5.11 Å². The van der Waals surface area contributed by atoms with Crippen molar-refractivity contribution < 1.29 is 37.4 Å². The Kier molecular flexibility index (Phi) is 5.82. The monoisotopic (exact) mass is 345 g/mol. The number of carboxylic acids is 1. The number of esters is 2. The molecular weight excluding hydrogens is 330 g/mol. The fourth-order valence-electron chi connectivity index (χ4n) is 1.58. The molecule has 23 heavy (non-hydrogen) atoms. The van der Waals surface area contributed by atoms with Crippen molar-refractivity contribution in [3.63, 3.8) is 0 Å². The Morgan fingerprint density at radius 2 is 1.48 bits per heavy atom. The summed E-state index contributed by atoms with van der Waals surface area (Å²) in [6.07, 6.45) is 0. The topological polar surface area (TPSA) is 136 Å². The highest BCUT2D eigenvalue weighted by atomic mass is 32.2. The first kappa shape index (κ1) is 18.6. The largest absolute Gasteiger partial charge is 0.480 e. The van der Waals surface area contributed by atoms with Gasteiger partial charge in [0, 0.05) is 0 Å². The fourth-order valence-corrected chi connectivity index (χ4v) is 2.84. The second-order valence-corrected chi connectivity index (χ2v) is 6.12. The lowest BCUT2D eigenvalue weighted by Crippen LogP contribution is -2.38. The molecule has 1 rings (SSSR count). The number of carbonyl (C=O) groups excluding carboxylic acids is 2. The molecule has 1 aromatic rings. The molecule has 0 aliphatic rings. The van der Waals surface area contributed by atoms with Gasteiger partial charge in [0.05, 0.1) is 30.2 Å². The molecule has 0 aliphatic carbocycles. The lowest BCUT2D eigenvalue weighted by atomic mass is 10.1. The second-order valence-electron chi connectivity index (χ2n) is 4.41. The number of sulfonamides is 1. The fraction of sp³-hybridized carbons (Fsp3) is 0.308. The van der Waals surface area contributed by atoms with E-state index >= 15 is 0 Å². The minimum atomic E-state index is -4.28. The summed E-state index contributed by atoms with van der Waals surface area (Å²) in [6.45, 7) is 1.13. The predicted octanol–water partition coefficient (Wildman–Crippen LogP) is 0.0112. The number of aliphatic carboxylic acids is 1. The maximum atomic E-state index is 12.2. The van der Waals surface area contributed by atoms with E-state index < -0.39 is 38.9 Å². The van der Waals surface area contributed by atoms with Crippen molar-refractivity contribution >= 4 is 27.9 Å². The summed E-state index contributed by atoms with van der Waals surface area (Å²) in [5.41, 5.74) is -0.391. The van der Waals surface area contributed by atoms with E-state index in [9.17, 15) is 22.8 Å². The van der Waals surface area contributed by atoms with Crippen LogP contribution < -0.4 is 4.72 Å². The Hall–Kier alpha value is -2.46. The standard InChI is InChI=1S/C13H15NO8S/c1-7(11(15)16)14-23(19,20)10-5-8(12(17)21-2)4-9(6-10)13(18)22-3/h4-7,14H,1-3H3,(H,15,16)/t7-/m1/s1. The Bertz CT molecular complexity index is 706. The highest BCUT2D eigenvalue weighted by Gasteiger charge is 2.24. The van der Waals surface area contributed by atoms with Crippen LogP contribution in [0.2, 0.25) is 0 Å². The van der Waals surface area contributed by atoms with Gasteiger partial charge >= 0.3 is 17.9 Å². The molecular formula is C13H15NO8S. The number of nitrogens with one attached hydrogen (secondary N) is 1. The maximum Gasteiger partial charge on any atom is 0.337 e. The molecule has 0 bridgehead atoms. The Morgan fingerprint density at radius 1 is 1.04 bits per heavy atom. The molecule has 2 N–H and O–H groups in total. The SMILES string of the molecule is COC(=O)c1cc(C(=O)OC)cc(S(=O)(=O)N[C@H](C)C(=O)O)c1. The average Bonchev–Trinajstić information content (AvgIpc) is 2.52. The highest BCUT2D eigenvalue weighted by molar-refractivity contribution is 7.89. The first-order valence-corrected chi connectivity index (χ1v) is 7.67. The van der Waals surface area contributed by atoms with Gasteiger partial charge in [-0.3, -0.25) is 4.79 Å². The first-order chi connectivity index (χ1) is 10.6. The van der Waals surface area contributed by atoms with E-state index in [0.29, 0.717) is 0 Å². The predicted molar refractivity (Wildman–Crippen MR) is 76.5 cm³/mol. The molecule has 0 unspecified atom stereocenters. The normalized spacial score (nSPS) is 12.3. The number of ether oxygens (including phenoxy) is 2. The molecule has 0 aliphatic heterocycles. The van der Waals surface area contributed by atoms with E-state index in [1.807, 2.05) is 4.72 Å². The van der Waals surface area contributed by atoms with Crippen molar-refractivity contribution in [3.05, 3.63) is 29.3 Å². The van der Waals surface area contributed by atoms with Crippen LogP contribution in [0.4, 0.5) is 0 Å². The van der Waals surface area contributed by atoms with Crippen molar-refractivity contribution in [1.29, 1.82) is 0 Å². The number of hydrogen-bond donors (Lipinski definition) is 2. The van der Waals surface area contributed by atoms with Crippen LogP contribution in [0.15, 0.2) is 23.1 Å². The van der Waals surface area contributed by atoms with Crippen molar-refractivity contribution in [3.8, 4) is 0 Å². The molecule has 0 fully saturated rings. The lowest BCUT2D eigenvalue weighted by molar-refractivity contribution is -0.138. The van der Waals surface area contributed by atoms with Crippen LogP contribution in [-0.2, 0) is 24.3 Å². The van der Waals surface area contributed by atoms with Crippen molar-refractivity contribution in [2.75, 3.05) is 14.2 Å². The second kappa shape index (κ2) is 7.20. The van der Waals surface area contributed by atoms with Gasteiger partial charge < -0.3 is 14.6 Å². The van der Waals surface area contributed by atoms with Crippen LogP contribution in [0.5, 0.6) is 0 Å². The van der Waals surface area contributed by atoms with Crippen molar-refractivity contribution in [1.82, 2.24) is 4.72 Å². The van der Waals surface area contributed by atoms with Crippen LogP contribution in [0.1, 0.15) is 27.6 Å². The molecule has 0 amide bonds. The summed E-state index contributed by atoms with van der Waals surface area (Å²) in [5, 5.41) is 8.78. The van der Waals surface area contributed by atoms with E-state index in [-0.39, 0.29) is 11.1 Å². The van der Waals surface area contributed by atoms with Crippen LogP contribution in [0.25, 0.3) is 0 Å². The average molecular weight is 345 g/mol. The van der Waals surface area contributed by atoms with E-state index in [1.165, 1.54) is 0 Å². The molecule has 0 saturated heterocycles. The Balaban J connectivity index is 3.42. The lowest BCUT2D eigenvalue weighted by Gasteiger charge is -2.12. The van der Waals surface area contributed by atoms with Crippen LogP contribution in [0.3, 0.4) is 0 Å². The van der Waals surface area contributed by atoms with Gasteiger partial charge in [-0.25, -0.2) is 18.0 Å². The molecule has 0 saturated carbocycles. The molecule has 0 heterocycles. The minimum absolute atomic E-state index is 0.196. The van der Waals surface area contributed by atoms with Crippen LogP contribution in [-0.4, -0.2) is 51.7 Å². The quantitative estimate of drug-likeness (QED) is 0.688. The summed E-state index contributed by atoms with van der Waals surface area (Å²) >= 11 is 0. The van der Waals surface area contributed by atoms with Gasteiger partial charge in [0.25, 0.3) is 0 Å². The third-order valence-electron chi connectivity index (χ3n) is 2.76. The number of benzene rings is 1. The van der Waals surface area contributed by atoms with Crippen LogP contribution in [0, 0.1) is 0 Å². The number of rotatable bonds is 6. The number of carboxylic acid groups (broad SMARTS) is 1. The summed E-state index contributed by atoms with van der Waals surface area (Å²) in [6, 6.07) is 1.64. The zero-order chi connectivity index (χ0) is 17.8. The third-order valence-corrected chi connectivity index (χ3v) is 4.28. The zero-order valence-corrected chi connectivity index (χ0v) is 13.3. The van der Waals surface area contributed by atoms with E-state index in [2.05, 4.69) is 9.47 Å². The van der Waals surface area contributed by atoms with Crippen LogP contribution >= 0.6 is 0 Å². The van der Waals surface area contributed by atoms with Gasteiger partial charge in [0.15, 0.2) is 0 Å². The number of hydrogen-bond acceptors (Lipinski definition) is 7. The van der Waals surface area contributed by atoms with Gasteiger partial charge in [-0.15, -0.1) is 0 Å². The zero-order valence-electron chi connectivity index (χ0n) is 12.5. The summed E-state index contributed by atoms with van der Waals surface area (Å²) in [4.78, 5) is 33.5. The molecule has 126 valence electrons. The molecule has 1 aromatic carbocycles. The van der Waals surface area contributed by atoms with Gasteiger partial charge in [-0.1, -0.05) is 0 Å². The highest BCUT2D eigenvalue weighted by Crippen LogP contribution is 2.17. The molecule has 1 atom stereocenters. The molecule has 9 nitrogen and oxygen atoms in total. The Labute approximate surface area is 132 Å². The number of carbonyl (C=O) groups is 3. The summed E-state index contributed by atoms with van der Waals surface area (Å²) in [5.74, 6) is -3.11. The van der Waals surface area contributed by atoms with E-state index in [0.717, 1.165) is 39.3 Å². The molecule has 10 heteroatoms. The number of methoxy groups -OCH3 is 2.